The monoisotopic (exact) mass is 534 g/mol. The molecule has 4 rings (SSSR count). The van der Waals surface area contributed by atoms with Gasteiger partial charge in [-0.25, -0.2) is 0 Å². The largest absolute Gasteiger partial charge is 0.457 e. The quantitative estimate of drug-likeness (QED) is 0.361. The summed E-state index contributed by atoms with van der Waals surface area (Å²) in [6, 6.07) is 20.2. The van der Waals surface area contributed by atoms with Crippen molar-refractivity contribution in [1.29, 1.82) is 0 Å². The van der Waals surface area contributed by atoms with Crippen LogP contribution in [0.5, 0.6) is 11.5 Å². The van der Waals surface area contributed by atoms with Gasteiger partial charge in [-0.1, -0.05) is 50.6 Å². The first-order valence-corrected chi connectivity index (χ1v) is 12.8. The van der Waals surface area contributed by atoms with Crippen LogP contribution in [0.4, 0.5) is 11.4 Å². The fourth-order valence-electron chi connectivity index (χ4n) is 4.09. The molecule has 1 fully saturated rings. The second-order valence-corrected chi connectivity index (χ2v) is 10.8. The van der Waals surface area contributed by atoms with E-state index in [0.29, 0.717) is 22.1 Å². The van der Waals surface area contributed by atoms with Gasteiger partial charge < -0.3 is 19.7 Å². The number of anilines is 2. The lowest BCUT2D eigenvalue weighted by Gasteiger charge is -2.19. The molecule has 1 N–H and O–H groups in total. The summed E-state index contributed by atoms with van der Waals surface area (Å²) < 4.78 is 11.1. The minimum Gasteiger partial charge on any atom is -0.457 e. The molecule has 198 valence electrons. The SMILES string of the molecule is Cc1ccc(NC(=O)COC(=O)[C@@H]2CC(=O)N(c3ccc(Oc4ccc(C(C)(C)C)cc4)cc3)C2)cc1Cl. The first kappa shape index (κ1) is 27.2. The standard InChI is InChI=1S/C30H31ClN2O5/c1-19-5-8-22(16-26(19)31)32-27(34)18-37-29(36)20-15-28(35)33(17-20)23-9-13-25(14-10-23)38-24-11-6-21(7-12-24)30(2,3)4/h5-14,16,20H,15,17-18H2,1-4H3,(H,32,34)/t20-/m1/s1. The maximum atomic E-state index is 12.6. The van der Waals surface area contributed by atoms with E-state index >= 15 is 0 Å². The lowest BCUT2D eigenvalue weighted by Crippen LogP contribution is -2.28. The molecule has 1 heterocycles. The van der Waals surface area contributed by atoms with E-state index in [1.54, 1.807) is 47.4 Å². The molecule has 2 amide bonds. The number of aryl methyl sites for hydroxylation is 1. The molecule has 38 heavy (non-hydrogen) atoms. The van der Waals surface area contributed by atoms with Crippen molar-refractivity contribution < 1.29 is 23.9 Å². The highest BCUT2D eigenvalue weighted by Crippen LogP contribution is 2.30. The predicted octanol–water partition coefficient (Wildman–Crippen LogP) is 6.27. The molecule has 1 atom stereocenters. The van der Waals surface area contributed by atoms with E-state index in [1.165, 1.54) is 5.56 Å². The molecule has 0 bridgehead atoms. The molecule has 0 radical (unpaired) electrons. The van der Waals surface area contributed by atoms with E-state index in [1.807, 2.05) is 31.2 Å². The second-order valence-electron chi connectivity index (χ2n) is 10.4. The van der Waals surface area contributed by atoms with Crippen molar-refractivity contribution in [3.63, 3.8) is 0 Å². The molecule has 1 saturated heterocycles. The van der Waals surface area contributed by atoms with E-state index in [9.17, 15) is 14.4 Å². The highest BCUT2D eigenvalue weighted by molar-refractivity contribution is 6.31. The minimum absolute atomic E-state index is 0.0202. The fourth-order valence-corrected chi connectivity index (χ4v) is 4.27. The van der Waals surface area contributed by atoms with Crippen molar-refractivity contribution in [2.24, 2.45) is 5.92 Å². The number of benzene rings is 3. The van der Waals surface area contributed by atoms with Gasteiger partial charge in [-0.05, 0) is 72.0 Å². The van der Waals surface area contributed by atoms with Gasteiger partial charge in [-0.2, -0.15) is 0 Å². The first-order chi connectivity index (χ1) is 18.0. The summed E-state index contributed by atoms with van der Waals surface area (Å²) >= 11 is 6.07. The second kappa shape index (κ2) is 11.3. The Kier molecular flexibility index (Phi) is 8.07. The van der Waals surface area contributed by atoms with E-state index in [0.717, 1.165) is 11.3 Å². The van der Waals surface area contributed by atoms with Crippen LogP contribution in [0.2, 0.25) is 5.02 Å². The topological polar surface area (TPSA) is 84.9 Å². The van der Waals surface area contributed by atoms with Gasteiger partial charge in [0.05, 0.1) is 5.92 Å². The third-order valence-electron chi connectivity index (χ3n) is 6.36. The van der Waals surface area contributed by atoms with Crippen LogP contribution in [-0.2, 0) is 24.5 Å². The number of esters is 1. The molecule has 0 saturated carbocycles. The van der Waals surface area contributed by atoms with Gasteiger partial charge in [-0.3, -0.25) is 14.4 Å². The summed E-state index contributed by atoms with van der Waals surface area (Å²) in [6.45, 7) is 8.07. The number of ether oxygens (including phenoxy) is 2. The molecular formula is C30H31ClN2O5. The van der Waals surface area contributed by atoms with E-state index in [-0.39, 0.29) is 24.3 Å². The molecule has 3 aromatic rings. The van der Waals surface area contributed by atoms with Crippen molar-refractivity contribution in [3.8, 4) is 11.5 Å². The van der Waals surface area contributed by atoms with Gasteiger partial charge >= 0.3 is 5.97 Å². The van der Waals surface area contributed by atoms with Crippen LogP contribution in [-0.4, -0.2) is 30.9 Å². The average molecular weight is 535 g/mol. The normalized spacial score (nSPS) is 15.3. The Bertz CT molecular complexity index is 1330. The van der Waals surface area contributed by atoms with Crippen LogP contribution in [0.1, 0.15) is 38.3 Å². The zero-order valence-corrected chi connectivity index (χ0v) is 22.7. The number of rotatable bonds is 7. The Morgan fingerprint density at radius 1 is 1.00 bits per heavy atom. The van der Waals surface area contributed by atoms with Crippen LogP contribution in [0.15, 0.2) is 66.7 Å². The Hall–Kier alpha value is -3.84. The molecule has 8 heteroatoms. The first-order valence-electron chi connectivity index (χ1n) is 12.4. The molecule has 1 aliphatic heterocycles. The Morgan fingerprint density at radius 2 is 1.63 bits per heavy atom. The number of carbonyl (C=O) groups is 3. The lowest BCUT2D eigenvalue weighted by molar-refractivity contribution is -0.151. The molecule has 0 aromatic heterocycles. The van der Waals surface area contributed by atoms with Crippen LogP contribution < -0.4 is 15.0 Å². The summed E-state index contributed by atoms with van der Waals surface area (Å²) in [6.07, 6.45) is 0.0202. The van der Waals surface area contributed by atoms with Crippen molar-refractivity contribution in [1.82, 2.24) is 0 Å². The van der Waals surface area contributed by atoms with Crippen molar-refractivity contribution in [2.75, 3.05) is 23.4 Å². The number of nitrogens with zero attached hydrogens (tertiary/aromatic N) is 1. The number of amides is 2. The van der Waals surface area contributed by atoms with Gasteiger partial charge in [-0.15, -0.1) is 0 Å². The number of nitrogens with one attached hydrogen (secondary N) is 1. The van der Waals surface area contributed by atoms with Crippen molar-refractivity contribution >= 4 is 40.8 Å². The summed E-state index contributed by atoms with van der Waals surface area (Å²) in [4.78, 5) is 38.9. The number of halogens is 1. The zero-order chi connectivity index (χ0) is 27.4. The minimum atomic E-state index is -0.652. The molecular weight excluding hydrogens is 504 g/mol. The van der Waals surface area contributed by atoms with Gasteiger partial charge in [0, 0.05) is 29.4 Å². The maximum absolute atomic E-state index is 12.6. The van der Waals surface area contributed by atoms with Gasteiger partial charge in [0.1, 0.15) is 11.5 Å². The van der Waals surface area contributed by atoms with Crippen LogP contribution in [0, 0.1) is 12.8 Å². The molecule has 3 aromatic carbocycles. The van der Waals surface area contributed by atoms with Crippen molar-refractivity contribution in [3.05, 3.63) is 82.9 Å². The number of carbonyl (C=O) groups excluding carboxylic acids is 3. The molecule has 7 nitrogen and oxygen atoms in total. The summed E-state index contributed by atoms with van der Waals surface area (Å²) in [5.41, 5.74) is 3.35. The summed E-state index contributed by atoms with van der Waals surface area (Å²) in [5.74, 6) is -0.542. The van der Waals surface area contributed by atoms with E-state index in [2.05, 4.69) is 26.1 Å². The van der Waals surface area contributed by atoms with Crippen molar-refractivity contribution in [2.45, 2.75) is 39.5 Å². The smallest absolute Gasteiger partial charge is 0.311 e. The fraction of sp³-hybridized carbons (Fsp3) is 0.300. The lowest BCUT2D eigenvalue weighted by atomic mass is 9.87. The Balaban J connectivity index is 1.29. The number of hydrogen-bond acceptors (Lipinski definition) is 5. The third kappa shape index (κ3) is 6.72. The Morgan fingerprint density at radius 3 is 2.24 bits per heavy atom. The van der Waals surface area contributed by atoms with Crippen LogP contribution in [0.3, 0.4) is 0 Å². The predicted molar refractivity (Wildman–Crippen MR) is 148 cm³/mol. The highest BCUT2D eigenvalue weighted by Gasteiger charge is 2.36. The van der Waals surface area contributed by atoms with Gasteiger partial charge in [0.25, 0.3) is 5.91 Å². The van der Waals surface area contributed by atoms with E-state index in [4.69, 9.17) is 21.1 Å². The van der Waals surface area contributed by atoms with Crippen LogP contribution in [0.25, 0.3) is 0 Å². The van der Waals surface area contributed by atoms with Crippen LogP contribution >= 0.6 is 11.6 Å². The van der Waals surface area contributed by atoms with Gasteiger partial charge in [0.2, 0.25) is 5.91 Å². The summed E-state index contributed by atoms with van der Waals surface area (Å²) in [5, 5.41) is 3.17. The van der Waals surface area contributed by atoms with E-state index < -0.39 is 24.4 Å². The maximum Gasteiger partial charge on any atom is 0.311 e. The summed E-state index contributed by atoms with van der Waals surface area (Å²) in [7, 11) is 0. The molecule has 0 spiro atoms. The zero-order valence-electron chi connectivity index (χ0n) is 21.9. The molecule has 1 aliphatic rings. The number of hydrogen-bond donors (Lipinski definition) is 1. The average Bonchev–Trinajstić information content (AvgIpc) is 3.27. The molecule has 0 aliphatic carbocycles. The Labute approximate surface area is 227 Å². The third-order valence-corrected chi connectivity index (χ3v) is 6.77. The highest BCUT2D eigenvalue weighted by atomic mass is 35.5. The molecule has 0 unspecified atom stereocenters. The van der Waals surface area contributed by atoms with Gasteiger partial charge in [0.15, 0.2) is 6.61 Å².